The smallest absolute Gasteiger partial charge is 0.208 e. The summed E-state index contributed by atoms with van der Waals surface area (Å²) in [5.74, 6) is -10.2. The SMILES string of the molecule is FC(=NC(F)(F)F)C(F)(F)C(F)(Cl)C(F)(F)F. The molecule has 12 heteroatoms. The molecule has 0 aliphatic heterocycles. The standard InChI is InChI=1S/C5ClF10N/c6-3(10,4(11,12)13)2(8,9)1(7)17-5(14,15)16. The molecule has 0 spiro atoms. The predicted octanol–water partition coefficient (Wildman–Crippen LogP) is 3.98. The molecule has 0 fully saturated rings. The summed E-state index contributed by atoms with van der Waals surface area (Å²) in [5, 5.41) is -6.04. The van der Waals surface area contributed by atoms with E-state index < -0.39 is 29.5 Å². The van der Waals surface area contributed by atoms with Crippen LogP contribution >= 0.6 is 11.6 Å². The van der Waals surface area contributed by atoms with Gasteiger partial charge in [-0.05, 0) is 0 Å². The quantitative estimate of drug-likeness (QED) is 0.316. The minimum atomic E-state index is -6.50. The van der Waals surface area contributed by atoms with Crippen LogP contribution < -0.4 is 0 Å². The molecule has 0 saturated heterocycles. The van der Waals surface area contributed by atoms with Crippen LogP contribution in [-0.4, -0.2) is 29.5 Å². The van der Waals surface area contributed by atoms with E-state index in [-0.39, 0.29) is 0 Å². The van der Waals surface area contributed by atoms with E-state index in [1.165, 1.54) is 0 Å². The van der Waals surface area contributed by atoms with Gasteiger partial charge in [-0.2, -0.15) is 31.3 Å². The van der Waals surface area contributed by atoms with Crippen molar-refractivity contribution in [2.45, 2.75) is 23.5 Å². The van der Waals surface area contributed by atoms with Crippen LogP contribution in [0.5, 0.6) is 0 Å². The second-order valence-electron chi connectivity index (χ2n) is 2.52. The van der Waals surface area contributed by atoms with Crippen molar-refractivity contribution in [2.75, 3.05) is 0 Å². The monoisotopic (exact) mass is 299 g/mol. The fraction of sp³-hybridized carbons (Fsp3) is 0.800. The van der Waals surface area contributed by atoms with Gasteiger partial charge in [0.2, 0.25) is 0 Å². The Morgan fingerprint density at radius 1 is 0.824 bits per heavy atom. The molecule has 0 amide bonds. The lowest BCUT2D eigenvalue weighted by Crippen LogP contribution is -2.54. The van der Waals surface area contributed by atoms with Crippen molar-refractivity contribution in [2.24, 2.45) is 4.99 Å². The van der Waals surface area contributed by atoms with Crippen molar-refractivity contribution in [1.29, 1.82) is 0 Å². The zero-order valence-electron chi connectivity index (χ0n) is 7.10. The second-order valence-corrected chi connectivity index (χ2v) is 3.04. The van der Waals surface area contributed by atoms with Gasteiger partial charge in [-0.1, -0.05) is 11.6 Å². The van der Waals surface area contributed by atoms with Gasteiger partial charge in [0.1, 0.15) is 0 Å². The Morgan fingerprint density at radius 3 is 1.41 bits per heavy atom. The number of rotatable bonds is 2. The molecule has 17 heavy (non-hydrogen) atoms. The Balaban J connectivity index is 5.51. The highest BCUT2D eigenvalue weighted by molar-refractivity contribution is 6.26. The van der Waals surface area contributed by atoms with Crippen LogP contribution in [-0.2, 0) is 0 Å². The first-order valence-electron chi connectivity index (χ1n) is 3.28. The number of hydrogen-bond donors (Lipinski definition) is 0. The van der Waals surface area contributed by atoms with Crippen LogP contribution in [0.4, 0.5) is 43.9 Å². The molecule has 0 radical (unpaired) electrons. The minimum absolute atomic E-state index is 0.636. The normalized spacial score (nSPS) is 19.1. The van der Waals surface area contributed by atoms with Gasteiger partial charge >= 0.3 is 23.5 Å². The summed E-state index contributed by atoms with van der Waals surface area (Å²) in [5.41, 5.74) is 0. The first-order valence-corrected chi connectivity index (χ1v) is 3.65. The number of halogens is 11. The molecule has 1 unspecified atom stereocenters. The third-order valence-electron chi connectivity index (χ3n) is 1.23. The molecule has 1 nitrogen and oxygen atoms in total. The first kappa shape index (κ1) is 16.3. The van der Waals surface area contributed by atoms with Gasteiger partial charge in [-0.25, -0.2) is 4.39 Å². The molecule has 0 aliphatic rings. The molecule has 0 rings (SSSR count). The number of aliphatic imine (C=N–C) groups is 1. The van der Waals surface area contributed by atoms with E-state index in [0.29, 0.717) is 4.99 Å². The number of alkyl halides is 10. The Labute approximate surface area is 91.1 Å². The second kappa shape index (κ2) is 4.18. The van der Waals surface area contributed by atoms with E-state index in [0.717, 1.165) is 0 Å². The molecule has 0 aromatic heterocycles. The van der Waals surface area contributed by atoms with E-state index in [9.17, 15) is 43.9 Å². The van der Waals surface area contributed by atoms with Crippen LogP contribution in [0.15, 0.2) is 4.99 Å². The van der Waals surface area contributed by atoms with E-state index in [2.05, 4.69) is 11.6 Å². The van der Waals surface area contributed by atoms with E-state index in [1.54, 1.807) is 0 Å². The topological polar surface area (TPSA) is 12.4 Å². The third-order valence-corrected chi connectivity index (χ3v) is 1.69. The van der Waals surface area contributed by atoms with E-state index in [4.69, 9.17) is 0 Å². The summed E-state index contributed by atoms with van der Waals surface area (Å²) in [7, 11) is 0. The predicted molar refractivity (Wildman–Crippen MR) is 35.3 cm³/mol. The van der Waals surface area contributed by atoms with Gasteiger partial charge in [-0.15, -0.1) is 13.2 Å². The van der Waals surface area contributed by atoms with Crippen LogP contribution in [0, 0.1) is 0 Å². The molecule has 1 atom stereocenters. The number of nitrogens with zero attached hydrogens (tertiary/aromatic N) is 1. The Morgan fingerprint density at radius 2 is 1.18 bits per heavy atom. The van der Waals surface area contributed by atoms with Crippen LogP contribution in [0.1, 0.15) is 0 Å². The van der Waals surface area contributed by atoms with Crippen LogP contribution in [0.3, 0.4) is 0 Å². The fourth-order valence-corrected chi connectivity index (χ4v) is 0.567. The summed E-state index contributed by atoms with van der Waals surface area (Å²) < 4.78 is 118. The average Bonchev–Trinajstić information content (AvgIpc) is 1.97. The largest absolute Gasteiger partial charge is 0.505 e. The van der Waals surface area contributed by atoms with Gasteiger partial charge in [0.05, 0.1) is 0 Å². The minimum Gasteiger partial charge on any atom is -0.208 e. The zero-order chi connectivity index (χ0) is 14.3. The summed E-state index contributed by atoms with van der Waals surface area (Å²) in [6.07, 6.45) is -12.4. The van der Waals surface area contributed by atoms with E-state index in [1.807, 2.05) is 0 Å². The summed E-state index contributed by atoms with van der Waals surface area (Å²) in [4.78, 5) is 0.636. The molecule has 0 saturated carbocycles. The molecule has 0 aromatic carbocycles. The molecular formula is C5ClF10N. The molecule has 0 heterocycles. The average molecular weight is 299 g/mol. The van der Waals surface area contributed by atoms with Crippen LogP contribution in [0.25, 0.3) is 0 Å². The van der Waals surface area contributed by atoms with Gasteiger partial charge in [0.25, 0.3) is 5.97 Å². The van der Waals surface area contributed by atoms with Crippen molar-refractivity contribution in [1.82, 2.24) is 0 Å². The van der Waals surface area contributed by atoms with Crippen molar-refractivity contribution in [3.05, 3.63) is 0 Å². The fourth-order valence-electron chi connectivity index (χ4n) is 0.489. The zero-order valence-corrected chi connectivity index (χ0v) is 7.86. The summed E-state index contributed by atoms with van der Waals surface area (Å²) >= 11 is 3.70. The van der Waals surface area contributed by atoms with Crippen molar-refractivity contribution in [3.8, 4) is 0 Å². The van der Waals surface area contributed by atoms with Gasteiger partial charge in [0, 0.05) is 0 Å². The lowest BCUT2D eigenvalue weighted by Gasteiger charge is -2.27. The molecule has 0 N–H and O–H groups in total. The van der Waals surface area contributed by atoms with Crippen molar-refractivity contribution >= 4 is 17.6 Å². The molecule has 102 valence electrons. The summed E-state index contributed by atoms with van der Waals surface area (Å²) in [6.45, 7) is 0. The highest BCUT2D eigenvalue weighted by Gasteiger charge is 2.73. The van der Waals surface area contributed by atoms with E-state index >= 15 is 0 Å². The number of hydrogen-bond acceptors (Lipinski definition) is 1. The Kier molecular flexibility index (Phi) is 3.99. The first-order chi connectivity index (χ1) is 7.13. The van der Waals surface area contributed by atoms with Gasteiger partial charge in [-0.3, -0.25) is 0 Å². The Hall–Kier alpha value is -0.740. The maximum Gasteiger partial charge on any atom is 0.505 e. The summed E-state index contributed by atoms with van der Waals surface area (Å²) in [6, 6.07) is 0. The third kappa shape index (κ3) is 3.36. The lowest BCUT2D eigenvalue weighted by molar-refractivity contribution is -0.249. The molecule has 0 aromatic rings. The highest BCUT2D eigenvalue weighted by Crippen LogP contribution is 2.49. The highest BCUT2D eigenvalue weighted by atomic mass is 35.5. The maximum atomic E-state index is 12.4. The lowest BCUT2D eigenvalue weighted by atomic mass is 10.2. The van der Waals surface area contributed by atoms with Crippen LogP contribution in [0.2, 0.25) is 0 Å². The molecule has 0 bridgehead atoms. The maximum absolute atomic E-state index is 12.4. The van der Waals surface area contributed by atoms with Crippen molar-refractivity contribution in [3.63, 3.8) is 0 Å². The molecular weight excluding hydrogens is 299 g/mol. The van der Waals surface area contributed by atoms with Crippen molar-refractivity contribution < 1.29 is 43.9 Å². The van der Waals surface area contributed by atoms with Gasteiger partial charge in [0.15, 0.2) is 0 Å². The molecule has 0 aliphatic carbocycles. The Bertz CT molecular complexity index is 312. The van der Waals surface area contributed by atoms with Gasteiger partial charge < -0.3 is 0 Å².